The van der Waals surface area contributed by atoms with Crippen LogP contribution in [0.5, 0.6) is 0 Å². The summed E-state index contributed by atoms with van der Waals surface area (Å²) in [7, 11) is 0. The second-order valence-corrected chi connectivity index (χ2v) is 4.72. The molecular weight excluding hydrogens is 192 g/mol. The smallest absolute Gasteiger partial charge is 0.247 e. The molecule has 0 saturated carbocycles. The van der Waals surface area contributed by atoms with Gasteiger partial charge in [-0.15, -0.1) is 0 Å². The number of carbonyl (C=O) groups excluding carboxylic acids is 2. The van der Waals surface area contributed by atoms with Crippen LogP contribution in [0.15, 0.2) is 0 Å². The Balaban J connectivity index is 2.94. The highest BCUT2D eigenvalue weighted by Crippen LogP contribution is 2.18. The molecular formula is C11H20N2O2. The number of nitrogens with zero attached hydrogens (tertiary/aromatic N) is 1. The topological polar surface area (TPSA) is 49.4 Å². The van der Waals surface area contributed by atoms with E-state index in [4.69, 9.17) is 0 Å². The molecule has 0 radical (unpaired) electrons. The van der Waals surface area contributed by atoms with Gasteiger partial charge in [-0.05, 0) is 27.2 Å². The Morgan fingerprint density at radius 1 is 1.47 bits per heavy atom. The third kappa shape index (κ3) is 2.49. The second-order valence-electron chi connectivity index (χ2n) is 4.72. The van der Waals surface area contributed by atoms with Crippen LogP contribution in [0, 0.1) is 0 Å². The molecule has 1 aliphatic rings. The summed E-state index contributed by atoms with van der Waals surface area (Å²) in [6, 6.07) is -0.000718. The highest BCUT2D eigenvalue weighted by atomic mass is 16.2. The van der Waals surface area contributed by atoms with Gasteiger partial charge in [-0.2, -0.15) is 0 Å². The first-order valence-electron chi connectivity index (χ1n) is 5.50. The molecule has 86 valence electrons. The molecule has 4 nitrogen and oxygen atoms in total. The summed E-state index contributed by atoms with van der Waals surface area (Å²) in [6.07, 6.45) is 1.32. The van der Waals surface area contributed by atoms with E-state index in [1.807, 2.05) is 13.8 Å². The first kappa shape index (κ1) is 12.0. The normalized spacial score (nSPS) is 26.1. The van der Waals surface area contributed by atoms with Crippen molar-refractivity contribution in [2.75, 3.05) is 6.54 Å². The van der Waals surface area contributed by atoms with E-state index in [1.54, 1.807) is 18.7 Å². The van der Waals surface area contributed by atoms with Gasteiger partial charge < -0.3 is 10.2 Å². The van der Waals surface area contributed by atoms with Crippen molar-refractivity contribution in [3.63, 3.8) is 0 Å². The molecule has 0 aromatic rings. The summed E-state index contributed by atoms with van der Waals surface area (Å²) < 4.78 is 0. The molecule has 4 heteroatoms. The molecule has 1 heterocycles. The van der Waals surface area contributed by atoms with Crippen LogP contribution in [-0.2, 0) is 9.59 Å². The van der Waals surface area contributed by atoms with Crippen LogP contribution in [-0.4, -0.2) is 34.8 Å². The van der Waals surface area contributed by atoms with E-state index in [-0.39, 0.29) is 17.9 Å². The van der Waals surface area contributed by atoms with Crippen molar-refractivity contribution >= 4 is 11.8 Å². The van der Waals surface area contributed by atoms with Gasteiger partial charge in [0.05, 0.1) is 0 Å². The Bertz CT molecular complexity index is 274. The zero-order valence-electron chi connectivity index (χ0n) is 9.96. The summed E-state index contributed by atoms with van der Waals surface area (Å²) in [4.78, 5) is 25.4. The van der Waals surface area contributed by atoms with E-state index in [9.17, 15) is 9.59 Å². The van der Waals surface area contributed by atoms with Crippen molar-refractivity contribution in [1.82, 2.24) is 10.2 Å². The van der Waals surface area contributed by atoms with E-state index in [0.29, 0.717) is 6.42 Å². The molecule has 15 heavy (non-hydrogen) atoms. The van der Waals surface area contributed by atoms with E-state index >= 15 is 0 Å². The molecule has 1 rings (SSSR count). The summed E-state index contributed by atoms with van der Waals surface area (Å²) in [5.41, 5.74) is -0.767. The van der Waals surface area contributed by atoms with Crippen LogP contribution in [0.4, 0.5) is 0 Å². The average Bonchev–Trinajstić information content (AvgIpc) is 2.16. The van der Waals surface area contributed by atoms with Gasteiger partial charge in [0.1, 0.15) is 5.54 Å². The molecule has 0 aliphatic carbocycles. The van der Waals surface area contributed by atoms with Crippen molar-refractivity contribution in [1.29, 1.82) is 0 Å². The van der Waals surface area contributed by atoms with Crippen molar-refractivity contribution in [2.45, 2.75) is 52.1 Å². The summed E-state index contributed by atoms with van der Waals surface area (Å²) in [5, 5.41) is 2.76. The SMILES string of the molecule is CCCN1C(=O)C(C)(C)NC(=O)CC1C. The van der Waals surface area contributed by atoms with Gasteiger partial charge in [0, 0.05) is 19.0 Å². The lowest BCUT2D eigenvalue weighted by Crippen LogP contribution is -2.53. The first-order valence-corrected chi connectivity index (χ1v) is 5.50. The first-order chi connectivity index (χ1) is 6.88. The fourth-order valence-corrected chi connectivity index (χ4v) is 1.95. The molecule has 1 N–H and O–H groups in total. The number of amides is 2. The molecule has 0 aromatic heterocycles. The monoisotopic (exact) mass is 212 g/mol. The maximum Gasteiger partial charge on any atom is 0.247 e. The number of rotatable bonds is 2. The minimum atomic E-state index is -0.767. The number of carbonyl (C=O) groups is 2. The predicted octanol–water partition coefficient (Wildman–Crippen LogP) is 0.912. The van der Waals surface area contributed by atoms with Crippen molar-refractivity contribution in [3.8, 4) is 0 Å². The Kier molecular flexibility index (Phi) is 3.37. The number of hydrogen-bond acceptors (Lipinski definition) is 2. The molecule has 0 bridgehead atoms. The Labute approximate surface area is 91.0 Å². The van der Waals surface area contributed by atoms with Gasteiger partial charge in [-0.1, -0.05) is 6.92 Å². The van der Waals surface area contributed by atoms with E-state index in [0.717, 1.165) is 13.0 Å². The van der Waals surface area contributed by atoms with Gasteiger partial charge in [0.2, 0.25) is 11.8 Å². The lowest BCUT2D eigenvalue weighted by molar-refractivity contribution is -0.138. The van der Waals surface area contributed by atoms with Crippen molar-refractivity contribution in [3.05, 3.63) is 0 Å². The quantitative estimate of drug-likeness (QED) is 0.739. The minimum Gasteiger partial charge on any atom is -0.342 e. The zero-order chi connectivity index (χ0) is 11.6. The fraction of sp³-hybridized carbons (Fsp3) is 0.818. The van der Waals surface area contributed by atoms with Crippen LogP contribution in [0.25, 0.3) is 0 Å². The van der Waals surface area contributed by atoms with Gasteiger partial charge in [0.25, 0.3) is 0 Å². The Morgan fingerprint density at radius 2 is 2.07 bits per heavy atom. The highest BCUT2D eigenvalue weighted by Gasteiger charge is 2.38. The third-order valence-electron chi connectivity index (χ3n) is 2.72. The zero-order valence-corrected chi connectivity index (χ0v) is 9.96. The fourth-order valence-electron chi connectivity index (χ4n) is 1.95. The van der Waals surface area contributed by atoms with Crippen LogP contribution >= 0.6 is 0 Å². The van der Waals surface area contributed by atoms with E-state index < -0.39 is 5.54 Å². The molecule has 1 fully saturated rings. The summed E-state index contributed by atoms with van der Waals surface area (Å²) >= 11 is 0. The molecule has 1 aliphatic heterocycles. The van der Waals surface area contributed by atoms with Crippen LogP contribution in [0.2, 0.25) is 0 Å². The average molecular weight is 212 g/mol. The number of nitrogens with one attached hydrogen (secondary N) is 1. The Hall–Kier alpha value is -1.06. The largest absolute Gasteiger partial charge is 0.342 e. The van der Waals surface area contributed by atoms with E-state index in [1.165, 1.54) is 0 Å². The molecule has 0 spiro atoms. The molecule has 1 atom stereocenters. The lowest BCUT2D eigenvalue weighted by atomic mass is 10.0. The van der Waals surface area contributed by atoms with Crippen molar-refractivity contribution in [2.24, 2.45) is 0 Å². The van der Waals surface area contributed by atoms with E-state index in [2.05, 4.69) is 5.32 Å². The molecule has 2 amide bonds. The summed E-state index contributed by atoms with van der Waals surface area (Å²) in [5.74, 6) is -0.0258. The maximum atomic E-state index is 12.1. The maximum absolute atomic E-state index is 12.1. The van der Waals surface area contributed by atoms with Crippen LogP contribution in [0.1, 0.15) is 40.5 Å². The molecule has 0 aromatic carbocycles. The molecule has 1 saturated heterocycles. The van der Waals surface area contributed by atoms with Gasteiger partial charge in [-0.25, -0.2) is 0 Å². The highest BCUT2D eigenvalue weighted by molar-refractivity contribution is 5.93. The predicted molar refractivity (Wildman–Crippen MR) is 58.3 cm³/mol. The Morgan fingerprint density at radius 3 is 2.60 bits per heavy atom. The minimum absolute atomic E-state index is 0.000718. The lowest BCUT2D eigenvalue weighted by Gasteiger charge is -2.31. The van der Waals surface area contributed by atoms with Crippen LogP contribution < -0.4 is 5.32 Å². The molecule has 1 unspecified atom stereocenters. The summed E-state index contributed by atoms with van der Waals surface area (Å²) in [6.45, 7) is 8.20. The standard InChI is InChI=1S/C11H20N2O2/c1-5-6-13-8(2)7-9(14)12-11(3,4)10(13)15/h8H,5-7H2,1-4H3,(H,12,14). The van der Waals surface area contributed by atoms with Gasteiger partial charge >= 0.3 is 0 Å². The number of hydrogen-bond donors (Lipinski definition) is 1. The van der Waals surface area contributed by atoms with Crippen molar-refractivity contribution < 1.29 is 9.59 Å². The third-order valence-corrected chi connectivity index (χ3v) is 2.72. The van der Waals surface area contributed by atoms with Crippen LogP contribution in [0.3, 0.4) is 0 Å². The van der Waals surface area contributed by atoms with Gasteiger partial charge in [0.15, 0.2) is 0 Å². The van der Waals surface area contributed by atoms with Gasteiger partial charge in [-0.3, -0.25) is 9.59 Å². The second kappa shape index (κ2) is 4.21.